The number of rotatable bonds is 3. The first-order chi connectivity index (χ1) is 10.6. The normalized spacial score (nSPS) is 17.8. The molecule has 0 radical (unpaired) electrons. The monoisotopic (exact) mass is 359 g/mol. The zero-order valence-electron chi connectivity index (χ0n) is 13.0. The van der Waals surface area contributed by atoms with Gasteiger partial charge in [0.05, 0.1) is 6.61 Å². The Balaban J connectivity index is 0.00000192. The first-order valence-electron chi connectivity index (χ1n) is 7.25. The average Bonchev–Trinajstić information content (AvgIpc) is 2.54. The van der Waals surface area contributed by atoms with Crippen LogP contribution in [0.4, 0.5) is 0 Å². The first kappa shape index (κ1) is 18.1. The molecule has 0 spiro atoms. The van der Waals surface area contributed by atoms with E-state index in [2.05, 4.69) is 5.32 Å². The Morgan fingerprint density at radius 1 is 1.35 bits per heavy atom. The Hall–Kier alpha value is -1.27. The maximum Gasteiger partial charge on any atom is 0.355 e. The standard InChI is InChI=1S/C16H18ClNO4.ClH/c1-9-12-3-4-13(21-8-11-7-18-5-6-20-11)10(2)15(12)22-16(19)14(9)17;/h3-4,11,18H,5-8H2,1-2H3;1H. The number of benzene rings is 1. The molecular formula is C16H19Cl2NO4. The SMILES string of the molecule is Cc1c(Cl)c(=O)oc2c(C)c(OCC3CNCCO3)ccc12.Cl. The highest BCUT2D eigenvalue weighted by molar-refractivity contribution is 6.31. The lowest BCUT2D eigenvalue weighted by Gasteiger charge is -2.24. The molecule has 1 unspecified atom stereocenters. The molecular weight excluding hydrogens is 341 g/mol. The summed E-state index contributed by atoms with van der Waals surface area (Å²) in [6.45, 7) is 6.47. The van der Waals surface area contributed by atoms with E-state index >= 15 is 0 Å². The van der Waals surface area contributed by atoms with Gasteiger partial charge in [0.25, 0.3) is 0 Å². The molecule has 5 nitrogen and oxygen atoms in total. The summed E-state index contributed by atoms with van der Waals surface area (Å²) < 4.78 is 16.8. The van der Waals surface area contributed by atoms with E-state index < -0.39 is 5.63 Å². The third-order valence-electron chi connectivity index (χ3n) is 3.89. The fourth-order valence-electron chi connectivity index (χ4n) is 2.58. The third-order valence-corrected chi connectivity index (χ3v) is 4.33. The molecule has 0 bridgehead atoms. The predicted molar refractivity (Wildman–Crippen MR) is 92.3 cm³/mol. The van der Waals surface area contributed by atoms with Gasteiger partial charge < -0.3 is 19.2 Å². The number of halogens is 2. The fraction of sp³-hybridized carbons (Fsp3) is 0.438. The molecule has 0 amide bonds. The summed E-state index contributed by atoms with van der Waals surface area (Å²) in [6, 6.07) is 3.74. The first-order valence-corrected chi connectivity index (χ1v) is 7.63. The van der Waals surface area contributed by atoms with Gasteiger partial charge in [-0.05, 0) is 31.5 Å². The van der Waals surface area contributed by atoms with Crippen molar-refractivity contribution in [2.45, 2.75) is 20.0 Å². The van der Waals surface area contributed by atoms with Gasteiger partial charge in [-0.25, -0.2) is 4.79 Å². The minimum absolute atomic E-state index is 0. The van der Waals surface area contributed by atoms with E-state index in [1.165, 1.54) is 0 Å². The highest BCUT2D eigenvalue weighted by Crippen LogP contribution is 2.30. The second kappa shape index (κ2) is 7.53. The van der Waals surface area contributed by atoms with E-state index in [0.717, 1.165) is 29.6 Å². The van der Waals surface area contributed by atoms with Crippen molar-refractivity contribution in [1.82, 2.24) is 5.32 Å². The number of hydrogen-bond acceptors (Lipinski definition) is 5. The molecule has 2 heterocycles. The van der Waals surface area contributed by atoms with E-state index in [1.807, 2.05) is 26.0 Å². The van der Waals surface area contributed by atoms with Gasteiger partial charge in [0.15, 0.2) is 0 Å². The Bertz CT molecular complexity index is 754. The van der Waals surface area contributed by atoms with Gasteiger partial charge in [0.2, 0.25) is 0 Å². The van der Waals surface area contributed by atoms with E-state index in [1.54, 1.807) is 0 Å². The summed E-state index contributed by atoms with van der Waals surface area (Å²) in [6.07, 6.45) is 0.0304. The highest BCUT2D eigenvalue weighted by atomic mass is 35.5. The smallest absolute Gasteiger partial charge is 0.355 e. The van der Waals surface area contributed by atoms with E-state index in [4.69, 9.17) is 25.5 Å². The number of aryl methyl sites for hydroxylation is 2. The molecule has 7 heteroatoms. The summed E-state index contributed by atoms with van der Waals surface area (Å²) in [7, 11) is 0. The average molecular weight is 360 g/mol. The largest absolute Gasteiger partial charge is 0.490 e. The molecule has 1 aliphatic rings. The van der Waals surface area contributed by atoms with Crippen molar-refractivity contribution in [1.29, 1.82) is 0 Å². The van der Waals surface area contributed by atoms with Crippen LogP contribution in [0.1, 0.15) is 11.1 Å². The lowest BCUT2D eigenvalue weighted by molar-refractivity contribution is 0.0000792. The molecule has 1 aromatic heterocycles. The molecule has 0 saturated carbocycles. The van der Waals surface area contributed by atoms with Crippen molar-refractivity contribution < 1.29 is 13.9 Å². The predicted octanol–water partition coefficient (Wildman–Crippen LogP) is 2.85. The van der Waals surface area contributed by atoms with Crippen molar-refractivity contribution >= 4 is 35.0 Å². The van der Waals surface area contributed by atoms with Crippen LogP contribution in [0.3, 0.4) is 0 Å². The van der Waals surface area contributed by atoms with Gasteiger partial charge in [0.1, 0.15) is 29.1 Å². The summed E-state index contributed by atoms with van der Waals surface area (Å²) in [5, 5.41) is 4.21. The van der Waals surface area contributed by atoms with E-state index in [0.29, 0.717) is 24.5 Å². The van der Waals surface area contributed by atoms with Crippen molar-refractivity contribution in [2.75, 3.05) is 26.3 Å². The number of nitrogens with one attached hydrogen (secondary N) is 1. The Labute approximate surface area is 145 Å². The zero-order chi connectivity index (χ0) is 15.7. The molecule has 126 valence electrons. The molecule has 1 N–H and O–H groups in total. The van der Waals surface area contributed by atoms with Crippen molar-refractivity contribution in [2.24, 2.45) is 0 Å². The van der Waals surface area contributed by atoms with Gasteiger partial charge in [-0.3, -0.25) is 0 Å². The molecule has 1 atom stereocenters. The van der Waals surface area contributed by atoms with Crippen LogP contribution >= 0.6 is 24.0 Å². The molecule has 1 aliphatic heterocycles. The Kier molecular flexibility index (Phi) is 5.92. The number of fused-ring (bicyclic) bond motifs is 1. The topological polar surface area (TPSA) is 60.7 Å². The van der Waals surface area contributed by atoms with Crippen LogP contribution < -0.4 is 15.7 Å². The number of morpholine rings is 1. The molecule has 1 saturated heterocycles. The molecule has 23 heavy (non-hydrogen) atoms. The molecule has 1 fully saturated rings. The minimum Gasteiger partial charge on any atom is -0.490 e. The number of ether oxygens (including phenoxy) is 2. The van der Waals surface area contributed by atoms with Crippen LogP contribution in [0.5, 0.6) is 5.75 Å². The maximum absolute atomic E-state index is 11.8. The molecule has 3 rings (SSSR count). The van der Waals surface area contributed by atoms with Crippen molar-refractivity contribution in [3.8, 4) is 5.75 Å². The van der Waals surface area contributed by atoms with E-state index in [9.17, 15) is 4.79 Å². The van der Waals surface area contributed by atoms with Crippen molar-refractivity contribution in [3.63, 3.8) is 0 Å². The molecule has 2 aromatic rings. The summed E-state index contributed by atoms with van der Waals surface area (Å²) >= 11 is 5.95. The van der Waals surface area contributed by atoms with Crippen LogP contribution in [0.25, 0.3) is 11.0 Å². The number of hydrogen-bond donors (Lipinski definition) is 1. The quantitative estimate of drug-likeness (QED) is 0.853. The summed E-state index contributed by atoms with van der Waals surface area (Å²) in [4.78, 5) is 11.8. The fourth-order valence-corrected chi connectivity index (χ4v) is 2.72. The van der Waals surface area contributed by atoms with E-state index in [-0.39, 0.29) is 23.5 Å². The van der Waals surface area contributed by atoms with Gasteiger partial charge in [0, 0.05) is 24.0 Å². The minimum atomic E-state index is -0.522. The van der Waals surface area contributed by atoms with Crippen LogP contribution in [-0.2, 0) is 4.74 Å². The molecule has 1 aromatic carbocycles. The van der Waals surface area contributed by atoms with Crippen LogP contribution in [0.15, 0.2) is 21.3 Å². The summed E-state index contributed by atoms with van der Waals surface area (Å²) in [5.41, 5.74) is 1.51. The van der Waals surface area contributed by atoms with Crippen LogP contribution in [0, 0.1) is 13.8 Å². The van der Waals surface area contributed by atoms with Crippen LogP contribution in [-0.4, -0.2) is 32.4 Å². The van der Waals surface area contributed by atoms with Gasteiger partial charge in [-0.2, -0.15) is 0 Å². The van der Waals surface area contributed by atoms with Crippen LogP contribution in [0.2, 0.25) is 5.02 Å². The highest BCUT2D eigenvalue weighted by Gasteiger charge is 2.17. The Morgan fingerprint density at radius 2 is 2.13 bits per heavy atom. The lowest BCUT2D eigenvalue weighted by atomic mass is 10.1. The lowest BCUT2D eigenvalue weighted by Crippen LogP contribution is -2.41. The zero-order valence-corrected chi connectivity index (χ0v) is 14.6. The third kappa shape index (κ3) is 3.63. The van der Waals surface area contributed by atoms with Gasteiger partial charge in [-0.15, -0.1) is 12.4 Å². The molecule has 0 aliphatic carbocycles. The second-order valence-electron chi connectivity index (χ2n) is 5.40. The van der Waals surface area contributed by atoms with Gasteiger partial charge >= 0.3 is 5.63 Å². The van der Waals surface area contributed by atoms with Gasteiger partial charge in [-0.1, -0.05) is 11.6 Å². The second-order valence-corrected chi connectivity index (χ2v) is 5.78. The summed E-state index contributed by atoms with van der Waals surface area (Å²) in [5.74, 6) is 0.687. The van der Waals surface area contributed by atoms with Crippen molar-refractivity contribution in [3.05, 3.63) is 38.7 Å². The Morgan fingerprint density at radius 3 is 2.83 bits per heavy atom. The maximum atomic E-state index is 11.8.